The highest BCUT2D eigenvalue weighted by molar-refractivity contribution is 5.35. The summed E-state index contributed by atoms with van der Waals surface area (Å²) in [6.07, 6.45) is 0.564. The van der Waals surface area contributed by atoms with Crippen LogP contribution in [0, 0.1) is 0 Å². The molecular formula is C13H19NO. The Morgan fingerprint density at radius 3 is 2.53 bits per heavy atom. The molecule has 82 valence electrons. The van der Waals surface area contributed by atoms with E-state index in [0.717, 1.165) is 12.0 Å². The molecule has 2 N–H and O–H groups in total. The molecular weight excluding hydrogens is 186 g/mol. The van der Waals surface area contributed by atoms with Gasteiger partial charge in [-0.1, -0.05) is 24.3 Å². The monoisotopic (exact) mass is 205 g/mol. The van der Waals surface area contributed by atoms with Crippen molar-refractivity contribution in [3.8, 4) is 0 Å². The number of hydrogen-bond donors (Lipinski definition) is 2. The first kappa shape index (κ1) is 10.7. The van der Waals surface area contributed by atoms with E-state index in [1.165, 1.54) is 5.56 Å². The molecule has 0 saturated carbocycles. The van der Waals surface area contributed by atoms with Crippen LogP contribution in [0.4, 0.5) is 0 Å². The maximum atomic E-state index is 10.1. The van der Waals surface area contributed by atoms with Crippen molar-refractivity contribution in [2.24, 2.45) is 0 Å². The molecule has 0 aliphatic heterocycles. The van der Waals surface area contributed by atoms with E-state index >= 15 is 0 Å². The largest absolute Gasteiger partial charge is 0.387 e. The Bertz CT molecular complexity index is 354. The highest BCUT2D eigenvalue weighted by atomic mass is 16.3. The Hall–Kier alpha value is -0.860. The average Bonchev–Trinajstić information content (AvgIpc) is 2.42. The lowest BCUT2D eigenvalue weighted by Gasteiger charge is -2.27. The number of aliphatic hydroxyl groups excluding tert-OH is 1. The van der Waals surface area contributed by atoms with Crippen molar-refractivity contribution in [1.82, 2.24) is 5.32 Å². The Morgan fingerprint density at radius 2 is 1.93 bits per heavy atom. The van der Waals surface area contributed by atoms with Gasteiger partial charge < -0.3 is 10.4 Å². The Labute approximate surface area is 91.3 Å². The van der Waals surface area contributed by atoms with Crippen LogP contribution in [0.3, 0.4) is 0 Å². The van der Waals surface area contributed by atoms with Gasteiger partial charge in [0.2, 0.25) is 0 Å². The third-order valence-corrected chi connectivity index (χ3v) is 2.81. The normalized spacial score (nSPS) is 25.3. The maximum Gasteiger partial charge on any atom is 0.0949 e. The second-order valence-electron chi connectivity index (χ2n) is 5.35. The lowest BCUT2D eigenvalue weighted by atomic mass is 10.0. The van der Waals surface area contributed by atoms with E-state index in [4.69, 9.17) is 0 Å². The number of fused-ring (bicyclic) bond motifs is 1. The molecule has 0 heterocycles. The fourth-order valence-corrected chi connectivity index (χ4v) is 2.26. The van der Waals surface area contributed by atoms with Crippen molar-refractivity contribution in [2.45, 2.75) is 44.9 Å². The van der Waals surface area contributed by atoms with Gasteiger partial charge in [-0.3, -0.25) is 0 Å². The summed E-state index contributed by atoms with van der Waals surface area (Å²) in [5.74, 6) is 0. The quantitative estimate of drug-likeness (QED) is 0.735. The molecule has 2 atom stereocenters. The maximum absolute atomic E-state index is 10.1. The van der Waals surface area contributed by atoms with Crippen LogP contribution in [-0.2, 0) is 6.42 Å². The van der Waals surface area contributed by atoms with Crippen LogP contribution < -0.4 is 5.32 Å². The molecule has 1 aliphatic rings. The van der Waals surface area contributed by atoms with Crippen LogP contribution in [0.2, 0.25) is 0 Å². The van der Waals surface area contributed by atoms with Crippen LogP contribution in [0.25, 0.3) is 0 Å². The van der Waals surface area contributed by atoms with Gasteiger partial charge in [0.15, 0.2) is 0 Å². The van der Waals surface area contributed by atoms with E-state index in [1.54, 1.807) is 0 Å². The van der Waals surface area contributed by atoms with Gasteiger partial charge in [-0.05, 0) is 38.3 Å². The molecule has 0 fully saturated rings. The summed E-state index contributed by atoms with van der Waals surface area (Å²) >= 11 is 0. The summed E-state index contributed by atoms with van der Waals surface area (Å²) < 4.78 is 0. The topological polar surface area (TPSA) is 32.3 Å². The van der Waals surface area contributed by atoms with E-state index in [-0.39, 0.29) is 17.7 Å². The van der Waals surface area contributed by atoms with Crippen LogP contribution in [-0.4, -0.2) is 16.7 Å². The first-order valence-corrected chi connectivity index (χ1v) is 5.51. The summed E-state index contributed by atoms with van der Waals surface area (Å²) in [5.41, 5.74) is 2.40. The first-order chi connectivity index (χ1) is 6.97. The molecule has 1 aromatic rings. The van der Waals surface area contributed by atoms with Crippen molar-refractivity contribution in [1.29, 1.82) is 0 Å². The number of hydrogen-bond acceptors (Lipinski definition) is 2. The van der Waals surface area contributed by atoms with Gasteiger partial charge in [0.05, 0.1) is 6.10 Å². The summed E-state index contributed by atoms with van der Waals surface area (Å²) in [6.45, 7) is 6.38. The SMILES string of the molecule is CC(C)(C)N[C@H]1Cc2ccccc2[C@H]1O. The van der Waals surface area contributed by atoms with Gasteiger partial charge in [0.1, 0.15) is 0 Å². The van der Waals surface area contributed by atoms with Crippen LogP contribution in [0.5, 0.6) is 0 Å². The van der Waals surface area contributed by atoms with Crippen molar-refractivity contribution in [3.63, 3.8) is 0 Å². The number of aliphatic hydroxyl groups is 1. The van der Waals surface area contributed by atoms with Gasteiger partial charge in [-0.15, -0.1) is 0 Å². The Balaban J connectivity index is 2.17. The van der Waals surface area contributed by atoms with Gasteiger partial charge in [-0.25, -0.2) is 0 Å². The van der Waals surface area contributed by atoms with Gasteiger partial charge in [0, 0.05) is 11.6 Å². The zero-order valence-electron chi connectivity index (χ0n) is 9.62. The molecule has 0 bridgehead atoms. The summed E-state index contributed by atoms with van der Waals surface area (Å²) in [4.78, 5) is 0. The van der Waals surface area contributed by atoms with E-state index < -0.39 is 0 Å². The van der Waals surface area contributed by atoms with Gasteiger partial charge >= 0.3 is 0 Å². The number of nitrogens with one attached hydrogen (secondary N) is 1. The molecule has 0 aromatic heterocycles. The summed E-state index contributed by atoms with van der Waals surface area (Å²) in [5, 5.41) is 13.6. The summed E-state index contributed by atoms with van der Waals surface area (Å²) in [6, 6.07) is 8.29. The minimum Gasteiger partial charge on any atom is -0.387 e. The number of rotatable bonds is 1. The Morgan fingerprint density at radius 1 is 1.27 bits per heavy atom. The predicted molar refractivity (Wildman–Crippen MR) is 61.8 cm³/mol. The molecule has 0 spiro atoms. The third-order valence-electron chi connectivity index (χ3n) is 2.81. The highest BCUT2D eigenvalue weighted by Gasteiger charge is 2.32. The number of benzene rings is 1. The fraction of sp³-hybridized carbons (Fsp3) is 0.538. The van der Waals surface area contributed by atoms with Crippen LogP contribution >= 0.6 is 0 Å². The van der Waals surface area contributed by atoms with Crippen molar-refractivity contribution in [3.05, 3.63) is 35.4 Å². The summed E-state index contributed by atoms with van der Waals surface area (Å²) in [7, 11) is 0. The van der Waals surface area contributed by atoms with Crippen molar-refractivity contribution in [2.75, 3.05) is 0 Å². The van der Waals surface area contributed by atoms with Crippen LogP contribution in [0.1, 0.15) is 38.0 Å². The van der Waals surface area contributed by atoms with E-state index in [0.29, 0.717) is 0 Å². The predicted octanol–water partition coefficient (Wildman–Crippen LogP) is 2.03. The molecule has 0 radical (unpaired) electrons. The van der Waals surface area contributed by atoms with Gasteiger partial charge in [-0.2, -0.15) is 0 Å². The second kappa shape index (κ2) is 3.62. The average molecular weight is 205 g/mol. The van der Waals surface area contributed by atoms with E-state index in [9.17, 15) is 5.11 Å². The fourth-order valence-electron chi connectivity index (χ4n) is 2.26. The highest BCUT2D eigenvalue weighted by Crippen LogP contribution is 2.31. The molecule has 15 heavy (non-hydrogen) atoms. The van der Waals surface area contributed by atoms with Gasteiger partial charge in [0.25, 0.3) is 0 Å². The van der Waals surface area contributed by atoms with E-state index in [2.05, 4.69) is 32.2 Å². The molecule has 1 aliphatic carbocycles. The zero-order chi connectivity index (χ0) is 11.1. The molecule has 0 amide bonds. The van der Waals surface area contributed by atoms with Crippen molar-refractivity contribution >= 4 is 0 Å². The standard InChI is InChI=1S/C13H19NO/c1-13(2,3)14-11-8-9-6-4-5-7-10(9)12(11)15/h4-7,11-12,14-15H,8H2,1-3H3/t11-,12+/m0/s1. The van der Waals surface area contributed by atoms with Crippen LogP contribution in [0.15, 0.2) is 24.3 Å². The minimum atomic E-state index is -0.361. The molecule has 2 heteroatoms. The molecule has 0 unspecified atom stereocenters. The van der Waals surface area contributed by atoms with Crippen molar-refractivity contribution < 1.29 is 5.11 Å². The zero-order valence-corrected chi connectivity index (χ0v) is 9.62. The Kier molecular flexibility index (Phi) is 2.57. The lowest BCUT2D eigenvalue weighted by Crippen LogP contribution is -2.45. The molecule has 2 nitrogen and oxygen atoms in total. The molecule has 2 rings (SSSR count). The third kappa shape index (κ3) is 2.21. The minimum absolute atomic E-state index is 0.0493. The molecule has 0 saturated heterocycles. The first-order valence-electron chi connectivity index (χ1n) is 5.51. The molecule has 1 aromatic carbocycles. The lowest BCUT2D eigenvalue weighted by molar-refractivity contribution is 0.126. The van der Waals surface area contributed by atoms with E-state index in [1.807, 2.05) is 18.2 Å². The smallest absolute Gasteiger partial charge is 0.0949 e. The second-order valence-corrected chi connectivity index (χ2v) is 5.35.